The number of aromatic nitrogens is 1. The van der Waals surface area contributed by atoms with Crippen LogP contribution in [-0.4, -0.2) is 25.2 Å². The van der Waals surface area contributed by atoms with Crippen LogP contribution in [0.15, 0.2) is 71.9 Å². The van der Waals surface area contributed by atoms with Crippen LogP contribution in [0.25, 0.3) is 0 Å². The predicted octanol–water partition coefficient (Wildman–Crippen LogP) is 3.01. The van der Waals surface area contributed by atoms with E-state index >= 15 is 0 Å². The number of nitrogens with one attached hydrogen (secondary N) is 1. The molecule has 0 atom stereocenters. The molecule has 9 heteroatoms. The van der Waals surface area contributed by atoms with Gasteiger partial charge in [-0.05, 0) is 54.1 Å². The summed E-state index contributed by atoms with van der Waals surface area (Å²) in [6, 6.07) is 13.7. The zero-order valence-electron chi connectivity index (χ0n) is 14.9. The van der Waals surface area contributed by atoms with Gasteiger partial charge in [-0.15, -0.1) is 0 Å². The van der Waals surface area contributed by atoms with Crippen LogP contribution in [0.4, 0.5) is 5.69 Å². The zero-order valence-corrected chi connectivity index (χ0v) is 16.4. The molecule has 29 heavy (non-hydrogen) atoms. The maximum Gasteiger partial charge on any atom is 0.264 e. The van der Waals surface area contributed by atoms with Gasteiger partial charge in [-0.1, -0.05) is 17.7 Å². The molecular weight excluding hydrogens is 414 g/mol. The van der Waals surface area contributed by atoms with Crippen molar-refractivity contribution in [3.05, 3.63) is 88.7 Å². The summed E-state index contributed by atoms with van der Waals surface area (Å²) in [7, 11) is -4.06. The second kappa shape index (κ2) is 7.31. The molecule has 0 bridgehead atoms. The number of fused-ring (bicyclic) bond motifs is 1. The molecule has 2 heterocycles. The van der Waals surface area contributed by atoms with Crippen LogP contribution in [-0.2, 0) is 16.6 Å². The standard InChI is InChI=1S/C20H14ClN3O4S/c21-14-3-5-15(6-4-14)24(12-13-2-1-9-22-11-13)29(27,28)16-7-8-17-18(10-16)20(26)23-19(17)25/h1-11H,12H2,(H,23,25,26). The minimum absolute atomic E-state index is 0.0278. The molecule has 0 saturated heterocycles. The molecule has 2 amide bonds. The number of imide groups is 1. The zero-order chi connectivity index (χ0) is 20.6. The van der Waals surface area contributed by atoms with E-state index in [1.54, 1.807) is 48.8 Å². The van der Waals surface area contributed by atoms with Crippen LogP contribution in [0.5, 0.6) is 0 Å². The molecule has 0 unspecified atom stereocenters. The molecule has 1 aliphatic rings. The average molecular weight is 428 g/mol. The summed E-state index contributed by atoms with van der Waals surface area (Å²) in [5.41, 5.74) is 1.27. The van der Waals surface area contributed by atoms with Crippen LogP contribution in [0.3, 0.4) is 0 Å². The third kappa shape index (κ3) is 3.59. The van der Waals surface area contributed by atoms with Gasteiger partial charge in [0.2, 0.25) is 0 Å². The average Bonchev–Trinajstić information content (AvgIpc) is 3.01. The number of anilines is 1. The fraction of sp³-hybridized carbons (Fsp3) is 0.0500. The number of nitrogens with zero attached hydrogens (tertiary/aromatic N) is 2. The molecule has 1 N–H and O–H groups in total. The smallest absolute Gasteiger partial charge is 0.264 e. The van der Waals surface area contributed by atoms with Gasteiger partial charge in [0.05, 0.1) is 28.3 Å². The topological polar surface area (TPSA) is 96.4 Å². The van der Waals surface area contributed by atoms with Crippen molar-refractivity contribution in [2.24, 2.45) is 0 Å². The number of hydrogen-bond acceptors (Lipinski definition) is 5. The highest BCUT2D eigenvalue weighted by Gasteiger charge is 2.31. The summed E-state index contributed by atoms with van der Waals surface area (Å²) >= 11 is 5.95. The molecule has 4 rings (SSSR count). The summed E-state index contributed by atoms with van der Waals surface area (Å²) in [4.78, 5) is 27.6. The van der Waals surface area contributed by atoms with Crippen LogP contribution < -0.4 is 9.62 Å². The number of amides is 2. The van der Waals surface area contributed by atoms with Crippen molar-refractivity contribution in [3.8, 4) is 0 Å². The van der Waals surface area contributed by atoms with Crippen molar-refractivity contribution >= 4 is 39.1 Å². The fourth-order valence-electron chi connectivity index (χ4n) is 3.01. The summed E-state index contributed by atoms with van der Waals surface area (Å²) < 4.78 is 28.1. The van der Waals surface area contributed by atoms with Crippen LogP contribution in [0.2, 0.25) is 5.02 Å². The summed E-state index contributed by atoms with van der Waals surface area (Å²) in [6.07, 6.45) is 3.17. The van der Waals surface area contributed by atoms with Crippen molar-refractivity contribution < 1.29 is 18.0 Å². The minimum Gasteiger partial charge on any atom is -0.288 e. The lowest BCUT2D eigenvalue weighted by Crippen LogP contribution is -2.30. The van der Waals surface area contributed by atoms with Gasteiger partial charge in [0.15, 0.2) is 0 Å². The third-order valence-corrected chi connectivity index (χ3v) is 6.48. The molecule has 2 aromatic carbocycles. The Morgan fingerprint density at radius 2 is 1.69 bits per heavy atom. The van der Waals surface area contributed by atoms with Crippen molar-refractivity contribution in [2.45, 2.75) is 11.4 Å². The lowest BCUT2D eigenvalue weighted by Gasteiger charge is -2.25. The number of carbonyl (C=O) groups excluding carboxylic acids is 2. The molecular formula is C20H14ClN3O4S. The monoisotopic (exact) mass is 427 g/mol. The normalized spacial score (nSPS) is 13.1. The molecule has 3 aromatic rings. The quantitative estimate of drug-likeness (QED) is 0.631. The summed E-state index contributed by atoms with van der Waals surface area (Å²) in [5.74, 6) is -1.16. The van der Waals surface area contributed by atoms with Gasteiger partial charge in [0.25, 0.3) is 21.8 Å². The van der Waals surface area contributed by atoms with E-state index in [1.807, 2.05) is 0 Å². The predicted molar refractivity (Wildman–Crippen MR) is 107 cm³/mol. The molecule has 0 aliphatic carbocycles. The third-order valence-electron chi connectivity index (χ3n) is 4.46. The van der Waals surface area contributed by atoms with Gasteiger partial charge in [-0.25, -0.2) is 8.42 Å². The second-order valence-corrected chi connectivity index (χ2v) is 8.64. The maximum absolute atomic E-state index is 13.5. The van der Waals surface area contributed by atoms with Gasteiger partial charge in [-0.2, -0.15) is 0 Å². The Bertz CT molecular complexity index is 1210. The van der Waals surface area contributed by atoms with E-state index in [0.29, 0.717) is 16.3 Å². The summed E-state index contributed by atoms with van der Waals surface area (Å²) in [6.45, 7) is 0.0278. The van der Waals surface area contributed by atoms with Crippen molar-refractivity contribution in [3.63, 3.8) is 0 Å². The molecule has 146 valence electrons. The van der Waals surface area contributed by atoms with Crippen molar-refractivity contribution in [1.29, 1.82) is 0 Å². The number of sulfonamides is 1. The van der Waals surface area contributed by atoms with E-state index in [4.69, 9.17) is 11.6 Å². The number of carbonyl (C=O) groups is 2. The first-order valence-electron chi connectivity index (χ1n) is 8.53. The molecule has 0 radical (unpaired) electrons. The highest BCUT2D eigenvalue weighted by molar-refractivity contribution is 7.92. The van der Waals surface area contributed by atoms with E-state index in [2.05, 4.69) is 10.3 Å². The van der Waals surface area contributed by atoms with E-state index in [0.717, 1.165) is 0 Å². The highest BCUT2D eigenvalue weighted by Crippen LogP contribution is 2.29. The first kappa shape index (κ1) is 19.1. The molecule has 1 aliphatic heterocycles. The Hall–Kier alpha value is -3.23. The van der Waals surface area contributed by atoms with Gasteiger partial charge in [0, 0.05) is 17.4 Å². The van der Waals surface area contributed by atoms with Crippen LogP contribution >= 0.6 is 11.6 Å². The van der Waals surface area contributed by atoms with Gasteiger partial charge in [0.1, 0.15) is 0 Å². The number of pyridine rings is 1. The molecule has 0 spiro atoms. The van der Waals surface area contributed by atoms with E-state index in [1.165, 1.54) is 22.5 Å². The van der Waals surface area contributed by atoms with Gasteiger partial charge < -0.3 is 0 Å². The van der Waals surface area contributed by atoms with E-state index < -0.39 is 21.8 Å². The SMILES string of the molecule is O=C1NC(=O)c2cc(S(=O)(=O)N(Cc3cccnc3)c3ccc(Cl)cc3)ccc21. The van der Waals surface area contributed by atoms with Gasteiger partial charge >= 0.3 is 0 Å². The number of hydrogen-bond donors (Lipinski definition) is 1. The van der Waals surface area contributed by atoms with E-state index in [9.17, 15) is 18.0 Å². The number of benzene rings is 2. The molecule has 7 nitrogen and oxygen atoms in total. The Kier molecular flexibility index (Phi) is 4.81. The summed E-state index contributed by atoms with van der Waals surface area (Å²) in [5, 5.41) is 2.63. The van der Waals surface area contributed by atoms with Crippen molar-refractivity contribution in [2.75, 3.05) is 4.31 Å². The maximum atomic E-state index is 13.5. The fourth-order valence-corrected chi connectivity index (χ4v) is 4.62. The molecule has 0 saturated carbocycles. The van der Waals surface area contributed by atoms with Gasteiger partial charge in [-0.3, -0.25) is 24.2 Å². The molecule has 0 fully saturated rings. The first-order chi connectivity index (χ1) is 13.9. The lowest BCUT2D eigenvalue weighted by atomic mass is 10.1. The van der Waals surface area contributed by atoms with Crippen LogP contribution in [0.1, 0.15) is 26.3 Å². The van der Waals surface area contributed by atoms with E-state index in [-0.39, 0.29) is 22.6 Å². The number of rotatable bonds is 5. The minimum atomic E-state index is -4.06. The largest absolute Gasteiger partial charge is 0.288 e. The Morgan fingerprint density at radius 1 is 0.966 bits per heavy atom. The van der Waals surface area contributed by atoms with Crippen LogP contribution in [0, 0.1) is 0 Å². The van der Waals surface area contributed by atoms with Crippen molar-refractivity contribution in [1.82, 2.24) is 10.3 Å². The second-order valence-electron chi connectivity index (χ2n) is 6.34. The Morgan fingerprint density at radius 3 is 2.38 bits per heavy atom. The molecule has 1 aromatic heterocycles. The number of halogens is 1. The first-order valence-corrected chi connectivity index (χ1v) is 10.3. The lowest BCUT2D eigenvalue weighted by molar-refractivity contribution is 0.0879. The Labute approximate surface area is 172 Å². The Balaban J connectivity index is 1.81. The highest BCUT2D eigenvalue weighted by atomic mass is 35.5.